The average molecular weight is 182 g/mol. The lowest BCUT2D eigenvalue weighted by atomic mass is 10.5. The Labute approximate surface area is 72.5 Å². The average Bonchev–Trinajstić information content (AvgIpc) is 2.50. The van der Waals surface area contributed by atoms with Crippen LogP contribution >= 0.6 is 11.6 Å². The van der Waals surface area contributed by atoms with Gasteiger partial charge in [-0.2, -0.15) is 9.97 Å². The Morgan fingerprint density at radius 3 is 3.08 bits per heavy atom. The third-order valence-electron chi connectivity index (χ3n) is 1.39. The van der Waals surface area contributed by atoms with Crippen molar-refractivity contribution in [3.8, 4) is 0 Å². The van der Waals surface area contributed by atoms with E-state index in [1.54, 1.807) is 0 Å². The predicted octanol–water partition coefficient (Wildman–Crippen LogP) is 1.34. The molecule has 2 aromatic rings. The van der Waals surface area contributed by atoms with Gasteiger partial charge in [0.15, 0.2) is 11.5 Å². The highest BCUT2D eigenvalue weighted by atomic mass is 35.5. The molecule has 0 atom stereocenters. The molecule has 0 unspecified atom stereocenters. The molecule has 0 bridgehead atoms. The Bertz CT molecular complexity index is 434. The van der Waals surface area contributed by atoms with Gasteiger partial charge in [-0.3, -0.25) is 0 Å². The molecule has 0 spiro atoms. The molecule has 0 fully saturated rings. The molecule has 60 valence electrons. The van der Waals surface area contributed by atoms with Gasteiger partial charge in [0.25, 0.3) is 0 Å². The van der Waals surface area contributed by atoms with Gasteiger partial charge in [-0.25, -0.2) is 9.98 Å². The summed E-state index contributed by atoms with van der Waals surface area (Å²) in [6.45, 7) is 3.36. The summed E-state index contributed by atoms with van der Waals surface area (Å²) in [4.78, 5) is 18.1. The smallest absolute Gasteiger partial charge is 0.226 e. The zero-order chi connectivity index (χ0) is 8.55. The summed E-state index contributed by atoms with van der Waals surface area (Å²) < 4.78 is 0. The van der Waals surface area contributed by atoms with Gasteiger partial charge in [0, 0.05) is 0 Å². The Morgan fingerprint density at radius 1 is 1.50 bits per heavy atom. The van der Waals surface area contributed by atoms with Crippen LogP contribution in [0.2, 0.25) is 5.28 Å². The maximum Gasteiger partial charge on any atom is 0.226 e. The van der Waals surface area contributed by atoms with Crippen molar-refractivity contribution in [2.24, 2.45) is 4.99 Å². The molecule has 2 aromatic heterocycles. The normalized spacial score (nSPS) is 10.4. The molecule has 0 saturated heterocycles. The summed E-state index contributed by atoms with van der Waals surface area (Å²) in [5, 5.41) is 0.122. The number of nitrogens with zero attached hydrogens (tertiary/aromatic N) is 4. The monoisotopic (exact) mass is 181 g/mol. The van der Waals surface area contributed by atoms with Gasteiger partial charge in [-0.1, -0.05) is 0 Å². The minimum Gasteiger partial charge on any atom is -0.340 e. The summed E-state index contributed by atoms with van der Waals surface area (Å²) in [6, 6.07) is 0. The summed E-state index contributed by atoms with van der Waals surface area (Å²) in [6.07, 6.45) is 1.50. The van der Waals surface area contributed by atoms with Crippen LogP contribution in [0, 0.1) is 0 Å². The fraction of sp³-hybridized carbons (Fsp3) is 0. The molecule has 0 aliphatic rings. The highest BCUT2D eigenvalue weighted by molar-refractivity contribution is 6.28. The number of halogens is 1. The van der Waals surface area contributed by atoms with Crippen LogP contribution in [0.4, 0.5) is 5.82 Å². The molecule has 2 rings (SSSR count). The van der Waals surface area contributed by atoms with Crippen LogP contribution in [0.15, 0.2) is 11.3 Å². The highest BCUT2D eigenvalue weighted by Crippen LogP contribution is 2.20. The van der Waals surface area contributed by atoms with Gasteiger partial charge in [0.2, 0.25) is 5.28 Å². The van der Waals surface area contributed by atoms with Crippen molar-refractivity contribution < 1.29 is 0 Å². The molecule has 0 saturated carbocycles. The number of rotatable bonds is 1. The van der Waals surface area contributed by atoms with Crippen molar-refractivity contribution >= 4 is 35.3 Å². The molecule has 2 heterocycles. The van der Waals surface area contributed by atoms with Crippen LogP contribution in [-0.2, 0) is 0 Å². The summed E-state index contributed by atoms with van der Waals surface area (Å²) >= 11 is 5.60. The number of hydrogen-bond donors (Lipinski definition) is 1. The van der Waals surface area contributed by atoms with Crippen LogP contribution in [0.3, 0.4) is 0 Å². The van der Waals surface area contributed by atoms with Gasteiger partial charge in [0.05, 0.1) is 6.33 Å². The topological polar surface area (TPSA) is 66.8 Å². The molecule has 0 amide bonds. The number of H-pyrrole nitrogens is 1. The number of hydrogen-bond acceptors (Lipinski definition) is 4. The standard InChI is InChI=1S/C6H4ClN5/c1-8-4-3-5(10-2-9-3)12-6(7)11-4/h2H,1H2,(H,9,10,11,12). The number of aromatic nitrogens is 4. The minimum atomic E-state index is 0.122. The summed E-state index contributed by atoms with van der Waals surface area (Å²) in [7, 11) is 0. The van der Waals surface area contributed by atoms with E-state index in [1.165, 1.54) is 6.33 Å². The minimum absolute atomic E-state index is 0.122. The molecule has 0 aliphatic carbocycles. The zero-order valence-corrected chi connectivity index (χ0v) is 6.71. The van der Waals surface area contributed by atoms with E-state index in [0.717, 1.165) is 0 Å². The zero-order valence-electron chi connectivity index (χ0n) is 5.95. The first-order valence-electron chi connectivity index (χ1n) is 3.14. The van der Waals surface area contributed by atoms with Gasteiger partial charge in [0.1, 0.15) is 5.52 Å². The number of nitrogens with one attached hydrogen (secondary N) is 1. The molecule has 0 radical (unpaired) electrons. The van der Waals surface area contributed by atoms with Crippen LogP contribution in [0.1, 0.15) is 0 Å². The van der Waals surface area contributed by atoms with Crippen molar-refractivity contribution in [2.75, 3.05) is 0 Å². The third-order valence-corrected chi connectivity index (χ3v) is 1.56. The largest absolute Gasteiger partial charge is 0.340 e. The first-order valence-corrected chi connectivity index (χ1v) is 3.52. The van der Waals surface area contributed by atoms with Crippen LogP contribution in [-0.4, -0.2) is 26.7 Å². The summed E-state index contributed by atoms with van der Waals surface area (Å²) in [5.74, 6) is 0.419. The predicted molar refractivity (Wildman–Crippen MR) is 45.9 cm³/mol. The lowest BCUT2D eigenvalue weighted by Crippen LogP contribution is -1.84. The van der Waals surface area contributed by atoms with Crippen molar-refractivity contribution in [2.45, 2.75) is 0 Å². The second-order valence-electron chi connectivity index (χ2n) is 2.08. The Morgan fingerprint density at radius 2 is 2.33 bits per heavy atom. The number of aliphatic imine (C=N–C) groups is 1. The van der Waals surface area contributed by atoms with Gasteiger partial charge in [-0.05, 0) is 18.3 Å². The Hall–Kier alpha value is -1.49. The molecule has 6 heteroatoms. The van der Waals surface area contributed by atoms with Gasteiger partial charge >= 0.3 is 0 Å². The van der Waals surface area contributed by atoms with Crippen molar-refractivity contribution in [1.29, 1.82) is 0 Å². The molecule has 1 N–H and O–H groups in total. The fourth-order valence-corrected chi connectivity index (χ4v) is 1.07. The van der Waals surface area contributed by atoms with E-state index in [9.17, 15) is 0 Å². The molecule has 12 heavy (non-hydrogen) atoms. The van der Waals surface area contributed by atoms with E-state index in [2.05, 4.69) is 31.6 Å². The van der Waals surface area contributed by atoms with Crippen LogP contribution < -0.4 is 0 Å². The van der Waals surface area contributed by atoms with Crippen molar-refractivity contribution in [1.82, 2.24) is 19.9 Å². The molecule has 5 nitrogen and oxygen atoms in total. The number of aromatic amines is 1. The summed E-state index contributed by atoms with van der Waals surface area (Å²) in [5.41, 5.74) is 1.15. The van der Waals surface area contributed by atoms with E-state index < -0.39 is 0 Å². The van der Waals surface area contributed by atoms with E-state index >= 15 is 0 Å². The Balaban J connectivity index is 2.88. The van der Waals surface area contributed by atoms with E-state index in [4.69, 9.17) is 11.6 Å². The lowest BCUT2D eigenvalue weighted by molar-refractivity contribution is 1.19. The molecule has 0 aromatic carbocycles. The van der Waals surface area contributed by atoms with E-state index in [-0.39, 0.29) is 5.28 Å². The van der Waals surface area contributed by atoms with E-state index in [0.29, 0.717) is 17.0 Å². The molecule has 0 aliphatic heterocycles. The fourth-order valence-electron chi connectivity index (χ4n) is 0.906. The van der Waals surface area contributed by atoms with Crippen molar-refractivity contribution in [3.05, 3.63) is 11.6 Å². The number of fused-ring (bicyclic) bond motifs is 1. The molecular formula is C6H4ClN5. The maximum atomic E-state index is 5.60. The third kappa shape index (κ3) is 0.947. The van der Waals surface area contributed by atoms with E-state index in [1.807, 2.05) is 0 Å². The molecular weight excluding hydrogens is 178 g/mol. The van der Waals surface area contributed by atoms with Crippen LogP contribution in [0.25, 0.3) is 11.2 Å². The quantitative estimate of drug-likeness (QED) is 0.533. The Kier molecular flexibility index (Phi) is 1.51. The SMILES string of the molecule is C=Nc1nc(Cl)nc2nc[nH]c12. The first-order chi connectivity index (χ1) is 5.81. The van der Waals surface area contributed by atoms with Crippen molar-refractivity contribution in [3.63, 3.8) is 0 Å². The van der Waals surface area contributed by atoms with Gasteiger partial charge < -0.3 is 4.98 Å². The number of imidazole rings is 1. The van der Waals surface area contributed by atoms with Crippen LogP contribution in [0.5, 0.6) is 0 Å². The maximum absolute atomic E-state index is 5.60. The highest BCUT2D eigenvalue weighted by Gasteiger charge is 2.05. The second-order valence-corrected chi connectivity index (χ2v) is 2.41. The second kappa shape index (κ2) is 2.53. The first kappa shape index (κ1) is 7.17. The lowest BCUT2D eigenvalue weighted by Gasteiger charge is -1.93. The van der Waals surface area contributed by atoms with Gasteiger partial charge in [-0.15, -0.1) is 0 Å².